The van der Waals surface area contributed by atoms with E-state index in [1.54, 1.807) is 25.4 Å². The Kier molecular flexibility index (Phi) is 5.12. The fourth-order valence-electron chi connectivity index (χ4n) is 1.78. The summed E-state index contributed by atoms with van der Waals surface area (Å²) in [5, 5.41) is 2.85. The number of aromatic nitrogens is 1. The molecule has 0 atom stereocenters. The van der Waals surface area contributed by atoms with Crippen molar-refractivity contribution in [2.24, 2.45) is 0 Å². The minimum absolute atomic E-state index is 0.180. The zero-order chi connectivity index (χ0) is 14.4. The van der Waals surface area contributed by atoms with Crippen LogP contribution in [0.25, 0.3) is 0 Å². The molecule has 0 saturated carbocycles. The maximum atomic E-state index is 12.0. The quantitative estimate of drug-likeness (QED) is 0.914. The van der Waals surface area contributed by atoms with Crippen molar-refractivity contribution in [3.05, 3.63) is 58.3 Å². The minimum Gasteiger partial charge on any atom is -0.497 e. The van der Waals surface area contributed by atoms with Gasteiger partial charge in [-0.25, -0.2) is 4.98 Å². The Hall–Kier alpha value is -1.88. The molecule has 5 heteroatoms. The van der Waals surface area contributed by atoms with E-state index in [0.717, 1.165) is 17.7 Å². The van der Waals surface area contributed by atoms with Crippen LogP contribution in [0.5, 0.6) is 5.75 Å². The molecule has 20 heavy (non-hydrogen) atoms. The van der Waals surface area contributed by atoms with Crippen LogP contribution in [-0.4, -0.2) is 24.5 Å². The standard InChI is InChI=1S/C15H15BrN2O2/c1-20-12-5-2-4-11(10-12)7-9-18-15(19)14-13(16)6-3-8-17-14/h2-6,8,10H,7,9H2,1H3,(H,18,19). The number of halogens is 1. The van der Waals surface area contributed by atoms with Gasteiger partial charge in [0.2, 0.25) is 0 Å². The number of amides is 1. The molecule has 0 aliphatic rings. The van der Waals surface area contributed by atoms with Crippen LogP contribution in [0, 0.1) is 0 Å². The van der Waals surface area contributed by atoms with Crippen molar-refractivity contribution in [1.29, 1.82) is 0 Å². The molecule has 4 nitrogen and oxygen atoms in total. The molecule has 0 aliphatic heterocycles. The second-order valence-corrected chi connectivity index (χ2v) is 5.05. The monoisotopic (exact) mass is 334 g/mol. The molecule has 0 aliphatic carbocycles. The molecule has 1 aromatic heterocycles. The van der Waals surface area contributed by atoms with Crippen LogP contribution < -0.4 is 10.1 Å². The van der Waals surface area contributed by atoms with Crippen molar-refractivity contribution >= 4 is 21.8 Å². The second-order valence-electron chi connectivity index (χ2n) is 4.19. The first-order valence-corrected chi connectivity index (χ1v) is 7.01. The van der Waals surface area contributed by atoms with E-state index >= 15 is 0 Å². The number of nitrogens with one attached hydrogen (secondary N) is 1. The van der Waals surface area contributed by atoms with Gasteiger partial charge in [-0.15, -0.1) is 0 Å². The first kappa shape index (κ1) is 14.5. The lowest BCUT2D eigenvalue weighted by molar-refractivity contribution is 0.0948. The molecule has 104 valence electrons. The Labute approximate surface area is 126 Å². The van der Waals surface area contributed by atoms with E-state index in [-0.39, 0.29) is 5.91 Å². The highest BCUT2D eigenvalue weighted by Gasteiger charge is 2.10. The third-order valence-corrected chi connectivity index (χ3v) is 3.45. The van der Waals surface area contributed by atoms with Crippen molar-refractivity contribution < 1.29 is 9.53 Å². The lowest BCUT2D eigenvalue weighted by atomic mass is 10.1. The molecule has 2 rings (SSSR count). The highest BCUT2D eigenvalue weighted by molar-refractivity contribution is 9.10. The van der Waals surface area contributed by atoms with Gasteiger partial charge < -0.3 is 10.1 Å². The average molecular weight is 335 g/mol. The number of hydrogen-bond acceptors (Lipinski definition) is 3. The Morgan fingerprint density at radius 3 is 2.95 bits per heavy atom. The van der Waals surface area contributed by atoms with Crippen molar-refractivity contribution in [2.45, 2.75) is 6.42 Å². The van der Waals surface area contributed by atoms with E-state index in [1.165, 1.54) is 0 Å². The first-order chi connectivity index (χ1) is 9.70. The van der Waals surface area contributed by atoms with Crippen LogP contribution in [0.15, 0.2) is 47.1 Å². The second kappa shape index (κ2) is 7.05. The maximum Gasteiger partial charge on any atom is 0.271 e. The van der Waals surface area contributed by atoms with Crippen LogP contribution in [0.1, 0.15) is 16.1 Å². The fourth-order valence-corrected chi connectivity index (χ4v) is 2.22. The minimum atomic E-state index is -0.180. The SMILES string of the molecule is COc1cccc(CCNC(=O)c2ncccc2Br)c1. The van der Waals surface area contributed by atoms with E-state index in [9.17, 15) is 4.79 Å². The molecule has 0 bridgehead atoms. The third-order valence-electron chi connectivity index (χ3n) is 2.81. The number of methoxy groups -OCH3 is 1. The fraction of sp³-hybridized carbons (Fsp3) is 0.200. The van der Waals surface area contributed by atoms with Crippen LogP contribution in [0.4, 0.5) is 0 Å². The predicted molar refractivity (Wildman–Crippen MR) is 81.0 cm³/mol. The topological polar surface area (TPSA) is 51.2 Å². The lowest BCUT2D eigenvalue weighted by Crippen LogP contribution is -2.26. The van der Waals surface area contributed by atoms with Crippen LogP contribution in [0.3, 0.4) is 0 Å². The summed E-state index contributed by atoms with van der Waals surface area (Å²) >= 11 is 3.31. The smallest absolute Gasteiger partial charge is 0.271 e. The van der Waals surface area contributed by atoms with Crippen molar-refractivity contribution in [3.8, 4) is 5.75 Å². The number of nitrogens with zero attached hydrogens (tertiary/aromatic N) is 1. The first-order valence-electron chi connectivity index (χ1n) is 6.22. The highest BCUT2D eigenvalue weighted by Crippen LogP contribution is 2.14. The summed E-state index contributed by atoms with van der Waals surface area (Å²) < 4.78 is 5.86. The molecule has 0 fully saturated rings. The third kappa shape index (κ3) is 3.81. The van der Waals surface area contributed by atoms with Crippen molar-refractivity contribution in [1.82, 2.24) is 10.3 Å². The van der Waals surface area contributed by atoms with Gasteiger partial charge in [0.25, 0.3) is 5.91 Å². The highest BCUT2D eigenvalue weighted by atomic mass is 79.9. The van der Waals surface area contributed by atoms with Gasteiger partial charge in [-0.3, -0.25) is 4.79 Å². The van der Waals surface area contributed by atoms with E-state index in [0.29, 0.717) is 16.7 Å². The average Bonchev–Trinajstić information content (AvgIpc) is 2.48. The predicted octanol–water partition coefficient (Wildman–Crippen LogP) is 2.83. The van der Waals surface area contributed by atoms with E-state index < -0.39 is 0 Å². The number of pyridine rings is 1. The van der Waals surface area contributed by atoms with Crippen LogP contribution in [-0.2, 0) is 6.42 Å². The normalized spacial score (nSPS) is 10.1. The Balaban J connectivity index is 1.89. The number of benzene rings is 1. The van der Waals surface area contributed by atoms with Crippen LogP contribution >= 0.6 is 15.9 Å². The Bertz CT molecular complexity index is 602. The van der Waals surface area contributed by atoms with Crippen LogP contribution in [0.2, 0.25) is 0 Å². The maximum absolute atomic E-state index is 12.0. The zero-order valence-electron chi connectivity index (χ0n) is 11.1. The van der Waals surface area contributed by atoms with Crippen molar-refractivity contribution in [2.75, 3.05) is 13.7 Å². The number of carbonyl (C=O) groups is 1. The largest absolute Gasteiger partial charge is 0.497 e. The molecule has 1 amide bonds. The number of rotatable bonds is 5. The molecule has 0 radical (unpaired) electrons. The van der Waals surface area contributed by atoms with Gasteiger partial charge in [-0.2, -0.15) is 0 Å². The van der Waals surface area contributed by atoms with E-state index in [2.05, 4.69) is 26.2 Å². The summed E-state index contributed by atoms with van der Waals surface area (Å²) in [7, 11) is 1.64. The molecule has 0 spiro atoms. The van der Waals surface area contributed by atoms with Gasteiger partial charge in [0.1, 0.15) is 11.4 Å². The van der Waals surface area contributed by atoms with Gasteiger partial charge >= 0.3 is 0 Å². The molecule has 1 N–H and O–H groups in total. The summed E-state index contributed by atoms with van der Waals surface area (Å²) in [6, 6.07) is 11.4. The van der Waals surface area contributed by atoms with Gasteiger partial charge in [0.05, 0.1) is 7.11 Å². The zero-order valence-corrected chi connectivity index (χ0v) is 12.7. The molecule has 0 saturated heterocycles. The Morgan fingerprint density at radius 1 is 1.35 bits per heavy atom. The molecule has 2 aromatic rings. The molecular formula is C15H15BrN2O2. The molecule has 0 unspecified atom stereocenters. The Morgan fingerprint density at radius 2 is 2.20 bits per heavy atom. The molecule has 1 heterocycles. The van der Waals surface area contributed by atoms with E-state index in [1.807, 2.05) is 24.3 Å². The van der Waals surface area contributed by atoms with Crippen molar-refractivity contribution in [3.63, 3.8) is 0 Å². The summed E-state index contributed by atoms with van der Waals surface area (Å²) in [5.74, 6) is 0.640. The number of hydrogen-bond donors (Lipinski definition) is 1. The van der Waals surface area contributed by atoms with E-state index in [4.69, 9.17) is 4.74 Å². The van der Waals surface area contributed by atoms with Gasteiger partial charge in [0, 0.05) is 17.2 Å². The molecular weight excluding hydrogens is 320 g/mol. The number of ether oxygens (including phenoxy) is 1. The van der Waals surface area contributed by atoms with Gasteiger partial charge in [-0.1, -0.05) is 12.1 Å². The number of carbonyl (C=O) groups excluding carboxylic acids is 1. The summed E-state index contributed by atoms with van der Waals surface area (Å²) in [6.07, 6.45) is 2.34. The lowest BCUT2D eigenvalue weighted by Gasteiger charge is -2.07. The summed E-state index contributed by atoms with van der Waals surface area (Å²) in [6.45, 7) is 0.551. The van der Waals surface area contributed by atoms with Gasteiger partial charge in [-0.05, 0) is 52.2 Å². The summed E-state index contributed by atoms with van der Waals surface area (Å²) in [5.41, 5.74) is 1.52. The molecule has 1 aromatic carbocycles. The van der Waals surface area contributed by atoms with Gasteiger partial charge in [0.15, 0.2) is 0 Å². The summed E-state index contributed by atoms with van der Waals surface area (Å²) in [4.78, 5) is 16.0.